The van der Waals surface area contributed by atoms with Crippen LogP contribution in [-0.4, -0.2) is 40.0 Å². The normalized spacial score (nSPS) is 9.91. The summed E-state index contributed by atoms with van der Waals surface area (Å²) in [6.45, 7) is 1.75. The van der Waals surface area contributed by atoms with Gasteiger partial charge < -0.3 is 19.0 Å². The lowest BCUT2D eigenvalue weighted by Gasteiger charge is -2.02. The van der Waals surface area contributed by atoms with E-state index in [1.54, 1.807) is 7.11 Å². The Morgan fingerprint density at radius 3 is 2.55 bits per heavy atom. The van der Waals surface area contributed by atoms with Crippen LogP contribution in [0.1, 0.15) is 6.42 Å². The number of hydrogen-bond acceptors (Lipinski definition) is 4. The minimum absolute atomic E-state index is 0.233. The van der Waals surface area contributed by atoms with Gasteiger partial charge in [-0.1, -0.05) is 0 Å². The highest BCUT2D eigenvalue weighted by Crippen LogP contribution is 1.81. The second-order valence-electron chi connectivity index (χ2n) is 1.88. The average molecular weight is 162 g/mol. The molecule has 0 saturated carbocycles. The fourth-order valence-corrected chi connectivity index (χ4v) is 0.450. The zero-order valence-corrected chi connectivity index (χ0v) is 6.75. The zero-order chi connectivity index (χ0) is 8.36. The third kappa shape index (κ3) is 9.55. The van der Waals surface area contributed by atoms with Crippen molar-refractivity contribution in [3.63, 3.8) is 0 Å². The molecule has 11 heavy (non-hydrogen) atoms. The molecule has 0 saturated heterocycles. The Kier molecular flexibility index (Phi) is 9.16. The van der Waals surface area contributed by atoms with Crippen molar-refractivity contribution >= 4 is 6.29 Å². The highest BCUT2D eigenvalue weighted by molar-refractivity contribution is 5.49. The fraction of sp³-hybridized carbons (Fsp3) is 0.857. The van der Waals surface area contributed by atoms with Crippen LogP contribution < -0.4 is 0 Å². The molecule has 0 spiro atoms. The second kappa shape index (κ2) is 9.55. The maximum atomic E-state index is 9.80. The monoisotopic (exact) mass is 162 g/mol. The van der Waals surface area contributed by atoms with Crippen LogP contribution in [0.2, 0.25) is 0 Å². The Bertz CT molecular complexity index is 84.5. The first-order valence-electron chi connectivity index (χ1n) is 3.50. The first-order valence-corrected chi connectivity index (χ1v) is 3.50. The Morgan fingerprint density at radius 1 is 1.18 bits per heavy atom. The molecule has 4 nitrogen and oxygen atoms in total. The smallest absolute Gasteiger partial charge is 0.146 e. The molecule has 0 aromatic rings. The van der Waals surface area contributed by atoms with Crippen molar-refractivity contribution in [3.8, 4) is 0 Å². The summed E-state index contributed by atoms with van der Waals surface area (Å²) in [5.74, 6) is 0. The van der Waals surface area contributed by atoms with Crippen LogP contribution in [0.3, 0.4) is 0 Å². The molecule has 0 aromatic carbocycles. The standard InChI is InChI=1S/C7H14O4/c1-9-5-6-11-7-10-4-2-3-8/h3H,2,4-7H2,1H3. The predicted octanol–water partition coefficient (Wildman–Crippen LogP) is 0.213. The Labute approximate surface area is 66.4 Å². The van der Waals surface area contributed by atoms with E-state index in [1.165, 1.54) is 0 Å². The van der Waals surface area contributed by atoms with Crippen LogP contribution >= 0.6 is 0 Å². The SMILES string of the molecule is COCCOCOCCC=O. The van der Waals surface area contributed by atoms with Crippen LogP contribution in [0.4, 0.5) is 0 Å². The number of methoxy groups -OCH3 is 1. The molecule has 0 amide bonds. The van der Waals surface area contributed by atoms with Crippen LogP contribution in [0.15, 0.2) is 0 Å². The summed E-state index contributed by atoms with van der Waals surface area (Å²) in [6, 6.07) is 0. The van der Waals surface area contributed by atoms with Gasteiger partial charge in [0.05, 0.1) is 19.8 Å². The summed E-state index contributed by atoms with van der Waals surface area (Å²) in [6.07, 6.45) is 1.24. The number of hydrogen-bond donors (Lipinski definition) is 0. The van der Waals surface area contributed by atoms with Crippen LogP contribution in [0, 0.1) is 0 Å². The molecule has 4 heteroatoms. The topological polar surface area (TPSA) is 44.8 Å². The van der Waals surface area contributed by atoms with Gasteiger partial charge in [0.15, 0.2) is 0 Å². The van der Waals surface area contributed by atoms with Gasteiger partial charge in [-0.3, -0.25) is 0 Å². The number of carbonyl (C=O) groups excluding carboxylic acids is 1. The van der Waals surface area contributed by atoms with Crippen molar-refractivity contribution in [3.05, 3.63) is 0 Å². The lowest BCUT2D eigenvalue weighted by Crippen LogP contribution is -2.06. The highest BCUT2D eigenvalue weighted by Gasteiger charge is 1.87. The fourth-order valence-electron chi connectivity index (χ4n) is 0.450. The number of carbonyl (C=O) groups is 1. The third-order valence-electron chi connectivity index (χ3n) is 0.979. The molecule has 0 aliphatic rings. The van der Waals surface area contributed by atoms with Gasteiger partial charge in [-0.15, -0.1) is 0 Å². The molecular formula is C7H14O4. The van der Waals surface area contributed by atoms with Gasteiger partial charge in [0.2, 0.25) is 0 Å². The van der Waals surface area contributed by atoms with Gasteiger partial charge in [-0.05, 0) is 0 Å². The third-order valence-corrected chi connectivity index (χ3v) is 0.979. The lowest BCUT2D eigenvalue weighted by molar-refractivity contribution is -0.111. The van der Waals surface area contributed by atoms with Gasteiger partial charge in [0.1, 0.15) is 13.1 Å². The van der Waals surface area contributed by atoms with E-state index < -0.39 is 0 Å². The second-order valence-corrected chi connectivity index (χ2v) is 1.88. The first kappa shape index (κ1) is 10.6. The molecule has 0 heterocycles. The summed E-state index contributed by atoms with van der Waals surface area (Å²) in [7, 11) is 1.61. The van der Waals surface area contributed by atoms with Crippen LogP contribution in [-0.2, 0) is 19.0 Å². The van der Waals surface area contributed by atoms with Crippen LogP contribution in [0.25, 0.3) is 0 Å². The first-order chi connectivity index (χ1) is 5.41. The van der Waals surface area contributed by atoms with E-state index in [0.717, 1.165) is 6.29 Å². The number of aldehydes is 1. The molecule has 0 rings (SSSR count). The van der Waals surface area contributed by atoms with E-state index in [4.69, 9.17) is 14.2 Å². The summed E-state index contributed by atoms with van der Waals surface area (Å²) >= 11 is 0. The van der Waals surface area contributed by atoms with Crippen molar-refractivity contribution in [2.45, 2.75) is 6.42 Å². The van der Waals surface area contributed by atoms with Gasteiger partial charge >= 0.3 is 0 Å². The molecule has 0 aromatic heterocycles. The van der Waals surface area contributed by atoms with Gasteiger partial charge in [0.25, 0.3) is 0 Å². The molecule has 0 radical (unpaired) electrons. The maximum absolute atomic E-state index is 9.80. The number of ether oxygens (including phenoxy) is 3. The van der Waals surface area contributed by atoms with Crippen molar-refractivity contribution in [2.75, 3.05) is 33.7 Å². The van der Waals surface area contributed by atoms with Crippen molar-refractivity contribution in [1.82, 2.24) is 0 Å². The zero-order valence-electron chi connectivity index (χ0n) is 6.75. The van der Waals surface area contributed by atoms with E-state index in [9.17, 15) is 4.79 Å². The summed E-state index contributed by atoms with van der Waals surface area (Å²) in [5, 5.41) is 0. The molecule has 0 atom stereocenters. The summed E-state index contributed by atoms with van der Waals surface area (Å²) < 4.78 is 14.6. The van der Waals surface area contributed by atoms with Crippen LogP contribution in [0.5, 0.6) is 0 Å². The molecule has 66 valence electrons. The maximum Gasteiger partial charge on any atom is 0.146 e. The van der Waals surface area contributed by atoms with E-state index in [0.29, 0.717) is 26.2 Å². The quantitative estimate of drug-likeness (QED) is 0.291. The minimum Gasteiger partial charge on any atom is -0.382 e. The number of rotatable bonds is 8. The molecule has 0 aliphatic heterocycles. The predicted molar refractivity (Wildman–Crippen MR) is 39.3 cm³/mol. The molecule has 0 unspecified atom stereocenters. The molecular weight excluding hydrogens is 148 g/mol. The van der Waals surface area contributed by atoms with E-state index in [2.05, 4.69) is 0 Å². The molecule has 0 aliphatic carbocycles. The largest absolute Gasteiger partial charge is 0.382 e. The molecule has 0 bridgehead atoms. The van der Waals surface area contributed by atoms with Gasteiger partial charge in [-0.25, -0.2) is 0 Å². The highest BCUT2D eigenvalue weighted by atomic mass is 16.7. The Morgan fingerprint density at radius 2 is 1.91 bits per heavy atom. The Hall–Kier alpha value is -0.450. The minimum atomic E-state index is 0.233. The van der Waals surface area contributed by atoms with E-state index >= 15 is 0 Å². The average Bonchev–Trinajstić information content (AvgIpc) is 2.03. The summed E-state index contributed by atoms with van der Waals surface area (Å²) in [5.41, 5.74) is 0. The summed E-state index contributed by atoms with van der Waals surface area (Å²) in [4.78, 5) is 9.80. The van der Waals surface area contributed by atoms with Gasteiger partial charge in [-0.2, -0.15) is 0 Å². The Balaban J connectivity index is 2.74. The van der Waals surface area contributed by atoms with Gasteiger partial charge in [0, 0.05) is 13.5 Å². The van der Waals surface area contributed by atoms with E-state index in [-0.39, 0.29) is 6.79 Å². The van der Waals surface area contributed by atoms with Crippen molar-refractivity contribution in [2.24, 2.45) is 0 Å². The van der Waals surface area contributed by atoms with E-state index in [1.807, 2.05) is 0 Å². The molecule has 0 fully saturated rings. The molecule has 0 N–H and O–H groups in total. The van der Waals surface area contributed by atoms with Crippen molar-refractivity contribution < 1.29 is 19.0 Å². The lowest BCUT2D eigenvalue weighted by atomic mass is 10.5. The van der Waals surface area contributed by atoms with Crippen molar-refractivity contribution in [1.29, 1.82) is 0 Å².